The van der Waals surface area contributed by atoms with Gasteiger partial charge in [-0.05, 0) is 153 Å². The number of unbranched alkanes of at least 4 members (excludes halogenated alkanes) is 1. The van der Waals surface area contributed by atoms with E-state index in [1.54, 1.807) is 0 Å². The molecular formula is C81H134N32O27. The molecule has 0 aliphatic carbocycles. The van der Waals surface area contributed by atoms with Crippen LogP contribution in [0, 0.1) is 21.6 Å². The number of nitrogens with one attached hydrogen (secondary N) is 21. The number of amides is 18. The normalized spacial score (nSPS) is 14.7. The summed E-state index contributed by atoms with van der Waals surface area (Å²) < 4.78 is 0. The maximum Gasteiger partial charge on any atom is 0.326 e. The lowest BCUT2D eigenvalue weighted by atomic mass is 10.0. The summed E-state index contributed by atoms with van der Waals surface area (Å²) in [5.41, 5.74) is 55.2. The summed E-state index contributed by atoms with van der Waals surface area (Å²) in [6, 6.07) is -19.0. The van der Waals surface area contributed by atoms with Crippen molar-refractivity contribution in [1.82, 2.24) is 95.3 Å². The Kier molecular flexibility index (Phi) is 55.4. The second-order valence-corrected chi connectivity index (χ2v) is 32.5. The van der Waals surface area contributed by atoms with E-state index >= 15 is 0 Å². The average molecular weight is 1990 g/mol. The number of carboxylic acids is 4. The van der Waals surface area contributed by atoms with E-state index in [2.05, 4.69) is 90.4 Å². The molecule has 780 valence electrons. The highest BCUT2D eigenvalue weighted by Gasteiger charge is 2.42. The summed E-state index contributed by atoms with van der Waals surface area (Å²) in [5, 5.41) is 121. The first-order valence-electron chi connectivity index (χ1n) is 44.7. The molecule has 1 aliphatic heterocycles. The van der Waals surface area contributed by atoms with E-state index in [1.165, 1.54) is 24.3 Å². The number of phenols is 1. The maximum atomic E-state index is 15.0. The number of carbonyl (C=O) groups is 22. The van der Waals surface area contributed by atoms with Gasteiger partial charge in [0.15, 0.2) is 23.8 Å². The first-order chi connectivity index (χ1) is 65.9. The van der Waals surface area contributed by atoms with Crippen molar-refractivity contribution in [2.75, 3.05) is 45.8 Å². The summed E-state index contributed by atoms with van der Waals surface area (Å²) in [7, 11) is 0. The topological polar surface area (TPSA) is 1040 Å². The summed E-state index contributed by atoms with van der Waals surface area (Å²) in [6.07, 6.45) is -11.3. The first kappa shape index (κ1) is 120. The van der Waals surface area contributed by atoms with Crippen LogP contribution in [0.3, 0.4) is 0 Å². The van der Waals surface area contributed by atoms with Gasteiger partial charge in [0.1, 0.15) is 84.3 Å². The van der Waals surface area contributed by atoms with Gasteiger partial charge in [-0.25, -0.2) is 4.79 Å². The van der Waals surface area contributed by atoms with Crippen molar-refractivity contribution in [1.29, 1.82) is 21.6 Å². The van der Waals surface area contributed by atoms with Crippen LogP contribution in [-0.4, -0.2) is 315 Å². The number of benzene rings is 1. The largest absolute Gasteiger partial charge is 0.508 e. The van der Waals surface area contributed by atoms with Crippen molar-refractivity contribution >= 4 is 154 Å². The number of nitrogens with zero attached hydrogens (tertiary/aromatic N) is 1. The predicted octanol–water partition coefficient (Wildman–Crippen LogP) is -12.9. The molecule has 59 heteroatoms. The number of primary amides is 4. The Labute approximate surface area is 802 Å². The van der Waals surface area contributed by atoms with Crippen LogP contribution in [0.1, 0.15) is 179 Å². The highest BCUT2D eigenvalue weighted by Crippen LogP contribution is 2.22. The Balaban J connectivity index is 2.74. The van der Waals surface area contributed by atoms with E-state index in [9.17, 15) is 131 Å². The Bertz CT molecular complexity index is 4510. The standard InChI is InChI=1S/C81H134N32O27/c82-32-2-1-8-53(77(139)140)111-74(136)54(38-40-14-16-41(114)17-15-40)112-75(137)55-13-7-37-113(55)76(138)52(12-6-36-99-81(94)95)110-73(135)51(24-31-63(124)125)109-68(130)45(11-5-35-98-80(92)93)104-70(132)48(21-28-59(87)118)106-72(134)50(23-30-62(122)123)108-67(129)44(10-4-34-97-79(90)91)103-69(131)47(20-27-58(86)117)105-71(133)49(22-29-61(120)121)107-66(128)43(9-3-33-96-78(88)89)101-60(119)39-100-65(127)46(19-26-57(85)116)102-64(126)42(83)18-25-56(84)115/h14-17,42-55,114H,1-13,18-39,82-83H2,(H2,84,115)(H2,85,116)(H2,86,117)(H2,87,118)(H,100,127)(H,101,119)(H,102,126)(H,103,131)(H,104,132)(H,105,133)(H,106,134)(H,107,128)(H,108,129)(H,109,130)(H,110,135)(H,111,136)(H,112,137)(H,120,121)(H,122,123)(H,124,125)(H,139,140)(H4,88,89,96)(H4,90,91,97)(H4,92,93,98)(H4,94,95,99)/t42-,43-,44-,45-,46-,47-,48-,49-,50-,51-,52-,53-,54-,55-/m0/s1. The molecule has 1 aliphatic rings. The van der Waals surface area contributed by atoms with E-state index in [1.807, 2.05) is 0 Å². The molecule has 46 N–H and O–H groups in total. The van der Waals surface area contributed by atoms with Gasteiger partial charge in [0.05, 0.1) is 12.6 Å². The molecule has 0 unspecified atom stereocenters. The Hall–Kier alpha value is -15.6. The number of carbonyl (C=O) groups excluding carboxylic acids is 18. The summed E-state index contributed by atoms with van der Waals surface area (Å²) in [4.78, 5) is 299. The van der Waals surface area contributed by atoms with Crippen LogP contribution in [0.25, 0.3) is 0 Å². The minimum atomic E-state index is -2.08. The number of aliphatic carboxylic acids is 4. The number of hydrogen-bond acceptors (Lipinski definition) is 29. The number of phenolic OH excluding ortho intramolecular Hbond substituents is 1. The van der Waals surface area contributed by atoms with Gasteiger partial charge < -0.3 is 178 Å². The van der Waals surface area contributed by atoms with E-state index in [0.717, 1.165) is 4.90 Å². The molecule has 1 aromatic carbocycles. The van der Waals surface area contributed by atoms with Gasteiger partial charge in [-0.1, -0.05) is 12.1 Å². The second kappa shape index (κ2) is 64.4. The summed E-state index contributed by atoms with van der Waals surface area (Å²) in [5.74, 6) is -28.9. The van der Waals surface area contributed by atoms with Crippen LogP contribution < -0.4 is 148 Å². The van der Waals surface area contributed by atoms with Gasteiger partial charge in [-0.2, -0.15) is 0 Å². The quantitative estimate of drug-likeness (QED) is 0.0164. The van der Waals surface area contributed by atoms with E-state index in [-0.39, 0.29) is 122 Å². The molecule has 59 nitrogen and oxygen atoms in total. The number of likely N-dealkylation sites (tertiary alicyclic amines) is 1. The molecule has 1 fully saturated rings. The number of guanidine groups is 4. The Morgan fingerprint density at radius 1 is 0.336 bits per heavy atom. The third kappa shape index (κ3) is 50.3. The lowest BCUT2D eigenvalue weighted by Crippen LogP contribution is -2.61. The lowest BCUT2D eigenvalue weighted by molar-refractivity contribution is -0.144. The fourth-order valence-electron chi connectivity index (χ4n) is 13.7. The molecule has 1 saturated heterocycles. The van der Waals surface area contributed by atoms with Gasteiger partial charge in [-0.3, -0.25) is 122 Å². The molecule has 0 radical (unpaired) electrons. The van der Waals surface area contributed by atoms with Crippen molar-refractivity contribution in [3.05, 3.63) is 29.8 Å². The summed E-state index contributed by atoms with van der Waals surface area (Å²) >= 11 is 0. The molecule has 0 aromatic heterocycles. The van der Waals surface area contributed by atoms with E-state index in [0.29, 0.717) is 18.4 Å². The fraction of sp³-hybridized carbons (Fsp3) is 0.605. The summed E-state index contributed by atoms with van der Waals surface area (Å²) in [6.45, 7) is -1.54. The number of aromatic hydroxyl groups is 1. The van der Waals surface area contributed by atoms with Crippen LogP contribution in [0.15, 0.2) is 24.3 Å². The monoisotopic (exact) mass is 1990 g/mol. The molecule has 2 rings (SSSR count). The molecule has 14 atom stereocenters. The van der Waals surface area contributed by atoms with Crippen LogP contribution >= 0.6 is 0 Å². The zero-order valence-electron chi connectivity index (χ0n) is 77.1. The number of nitrogens with two attached hydrogens (primary N) is 10. The zero-order chi connectivity index (χ0) is 105. The van der Waals surface area contributed by atoms with E-state index < -0.39 is 335 Å². The fourth-order valence-corrected chi connectivity index (χ4v) is 13.7. The minimum absolute atomic E-state index is 0.0325. The van der Waals surface area contributed by atoms with Gasteiger partial charge in [-0.15, -0.1) is 0 Å². The van der Waals surface area contributed by atoms with Crippen molar-refractivity contribution < 1.29 is 131 Å². The highest BCUT2D eigenvalue weighted by molar-refractivity contribution is 6.01. The molecule has 1 aromatic rings. The third-order valence-corrected chi connectivity index (χ3v) is 21.1. The number of carboxylic acid groups (broad SMARTS) is 4. The molecule has 0 saturated carbocycles. The van der Waals surface area contributed by atoms with Crippen molar-refractivity contribution in [2.24, 2.45) is 57.3 Å². The zero-order valence-corrected chi connectivity index (χ0v) is 77.1. The molecule has 140 heavy (non-hydrogen) atoms. The van der Waals surface area contributed by atoms with Crippen LogP contribution in [-0.2, 0) is 112 Å². The van der Waals surface area contributed by atoms with Crippen molar-refractivity contribution in [2.45, 2.75) is 264 Å². The number of rotatable bonds is 71. The molecular weight excluding hydrogens is 1850 g/mol. The molecule has 1 heterocycles. The maximum absolute atomic E-state index is 15.0. The average Bonchev–Trinajstić information content (AvgIpc) is 1.66. The molecule has 0 spiro atoms. The highest BCUT2D eigenvalue weighted by atomic mass is 16.4. The van der Waals surface area contributed by atoms with Gasteiger partial charge >= 0.3 is 23.9 Å². The van der Waals surface area contributed by atoms with Gasteiger partial charge in [0, 0.05) is 84.1 Å². The smallest absolute Gasteiger partial charge is 0.326 e. The van der Waals surface area contributed by atoms with Crippen LogP contribution in [0.5, 0.6) is 5.75 Å². The Morgan fingerprint density at radius 2 is 0.629 bits per heavy atom. The van der Waals surface area contributed by atoms with Gasteiger partial charge in [0.25, 0.3) is 0 Å². The van der Waals surface area contributed by atoms with Crippen LogP contribution in [0.2, 0.25) is 0 Å². The lowest BCUT2D eigenvalue weighted by Gasteiger charge is -2.31. The number of hydrogen-bond donors (Lipinski definition) is 36. The van der Waals surface area contributed by atoms with E-state index in [4.69, 9.17) is 79.0 Å². The van der Waals surface area contributed by atoms with Crippen LogP contribution in [0.4, 0.5) is 0 Å². The SMILES string of the molecule is N=C(N)NCCC[C@H](NC(=O)CNC(=O)[C@H](CCC(N)=O)NC(=O)[C@@H](N)CCC(N)=O)C(=O)N[C@@H](CCC(=O)O)C(=O)N[C@@H](CCC(N)=O)C(=O)N[C@@H](CCCNC(=N)N)C(=O)N[C@@H](CCC(=O)O)C(=O)N[C@@H](CCC(N)=O)C(=O)N[C@@H](CCCNC(=N)N)C(=O)N[C@@H](CCC(=O)O)C(=O)N[C@@H](CCCNC(=N)N)C(=O)N1CCC[C@H]1C(=O)N[C@@H](Cc1ccc(O)cc1)C(=O)N[C@@H](CCCCN)C(=O)O. The molecule has 18 amide bonds. The van der Waals surface area contributed by atoms with Crippen molar-refractivity contribution in [3.8, 4) is 5.75 Å². The first-order valence-corrected chi connectivity index (χ1v) is 44.7. The predicted molar refractivity (Wildman–Crippen MR) is 492 cm³/mol. The Morgan fingerprint density at radius 3 is 0.964 bits per heavy atom. The molecule has 0 bridgehead atoms. The van der Waals surface area contributed by atoms with Gasteiger partial charge in [0.2, 0.25) is 106 Å². The van der Waals surface area contributed by atoms with Crippen molar-refractivity contribution in [3.63, 3.8) is 0 Å². The third-order valence-electron chi connectivity index (χ3n) is 21.1. The second-order valence-electron chi connectivity index (χ2n) is 32.5. The minimum Gasteiger partial charge on any atom is -0.508 e.